The summed E-state index contributed by atoms with van der Waals surface area (Å²) >= 11 is 6.32. The standard InChI is InChI=1S/C13H16ClF/c1-9-8-10(6-7-13(9)15)11-4-2-3-5-12(11)14/h6-8,11-12H,2-5H2,1H3. The van der Waals surface area contributed by atoms with Gasteiger partial charge in [0, 0.05) is 11.3 Å². The van der Waals surface area contributed by atoms with Gasteiger partial charge in [0.15, 0.2) is 0 Å². The highest BCUT2D eigenvalue weighted by molar-refractivity contribution is 6.21. The van der Waals surface area contributed by atoms with E-state index in [0.29, 0.717) is 5.92 Å². The van der Waals surface area contributed by atoms with E-state index in [9.17, 15) is 4.39 Å². The van der Waals surface area contributed by atoms with Gasteiger partial charge in [-0.3, -0.25) is 0 Å². The number of aryl methyl sites for hydroxylation is 1. The third kappa shape index (κ3) is 2.34. The van der Waals surface area contributed by atoms with Crippen LogP contribution in [-0.4, -0.2) is 5.38 Å². The van der Waals surface area contributed by atoms with Gasteiger partial charge in [-0.15, -0.1) is 11.6 Å². The highest BCUT2D eigenvalue weighted by Gasteiger charge is 2.24. The van der Waals surface area contributed by atoms with Gasteiger partial charge in [-0.2, -0.15) is 0 Å². The predicted octanol–water partition coefficient (Wildman–Crippen LogP) is 4.40. The van der Waals surface area contributed by atoms with Gasteiger partial charge in [0.1, 0.15) is 5.82 Å². The molecule has 1 aromatic rings. The minimum atomic E-state index is -0.124. The first-order valence-electron chi connectivity index (χ1n) is 5.58. The molecule has 0 heterocycles. The average Bonchev–Trinajstić information content (AvgIpc) is 2.23. The Hall–Kier alpha value is -0.560. The van der Waals surface area contributed by atoms with Gasteiger partial charge in [-0.05, 0) is 37.0 Å². The van der Waals surface area contributed by atoms with Crippen LogP contribution in [0.5, 0.6) is 0 Å². The van der Waals surface area contributed by atoms with Gasteiger partial charge in [-0.1, -0.05) is 25.0 Å². The molecule has 2 atom stereocenters. The molecule has 0 saturated heterocycles. The van der Waals surface area contributed by atoms with Crippen molar-refractivity contribution in [1.82, 2.24) is 0 Å². The molecule has 2 unspecified atom stereocenters. The van der Waals surface area contributed by atoms with Crippen molar-refractivity contribution in [2.75, 3.05) is 0 Å². The average molecular weight is 227 g/mol. The summed E-state index contributed by atoms with van der Waals surface area (Å²) in [5.74, 6) is 0.292. The summed E-state index contributed by atoms with van der Waals surface area (Å²) in [6.07, 6.45) is 4.69. The van der Waals surface area contributed by atoms with Crippen LogP contribution in [0.3, 0.4) is 0 Å². The predicted molar refractivity (Wildman–Crippen MR) is 62.0 cm³/mol. The Balaban J connectivity index is 2.24. The smallest absolute Gasteiger partial charge is 0.126 e. The molecule has 2 heteroatoms. The molecule has 0 nitrogen and oxygen atoms in total. The van der Waals surface area contributed by atoms with Crippen LogP contribution in [0.25, 0.3) is 0 Å². The van der Waals surface area contributed by atoms with E-state index in [4.69, 9.17) is 11.6 Å². The largest absolute Gasteiger partial charge is 0.207 e. The Morgan fingerprint density at radius 2 is 2.00 bits per heavy atom. The molecule has 0 aromatic heterocycles. The summed E-state index contributed by atoms with van der Waals surface area (Å²) in [6, 6.07) is 5.39. The Kier molecular flexibility index (Phi) is 3.30. The maximum Gasteiger partial charge on any atom is 0.126 e. The Morgan fingerprint density at radius 1 is 1.27 bits per heavy atom. The lowest BCUT2D eigenvalue weighted by Crippen LogP contribution is -2.17. The van der Waals surface area contributed by atoms with E-state index in [1.54, 1.807) is 6.07 Å². The highest BCUT2D eigenvalue weighted by atomic mass is 35.5. The van der Waals surface area contributed by atoms with Crippen molar-refractivity contribution < 1.29 is 4.39 Å². The van der Waals surface area contributed by atoms with Crippen molar-refractivity contribution in [2.24, 2.45) is 0 Å². The normalized spacial score (nSPS) is 26.6. The van der Waals surface area contributed by atoms with E-state index in [1.807, 2.05) is 19.1 Å². The van der Waals surface area contributed by atoms with Crippen molar-refractivity contribution in [3.63, 3.8) is 0 Å². The van der Waals surface area contributed by atoms with E-state index < -0.39 is 0 Å². The fourth-order valence-corrected chi connectivity index (χ4v) is 2.79. The fraction of sp³-hybridized carbons (Fsp3) is 0.538. The minimum Gasteiger partial charge on any atom is -0.207 e. The molecule has 1 saturated carbocycles. The maximum atomic E-state index is 13.1. The zero-order valence-electron chi connectivity index (χ0n) is 8.97. The van der Waals surface area contributed by atoms with Crippen LogP contribution < -0.4 is 0 Å². The molecule has 0 radical (unpaired) electrons. The van der Waals surface area contributed by atoms with Crippen molar-refractivity contribution in [3.05, 3.63) is 35.1 Å². The lowest BCUT2D eigenvalue weighted by Gasteiger charge is -2.27. The van der Waals surface area contributed by atoms with Gasteiger partial charge in [0.25, 0.3) is 0 Å². The van der Waals surface area contributed by atoms with E-state index in [1.165, 1.54) is 18.4 Å². The molecule has 1 fully saturated rings. The first-order chi connectivity index (χ1) is 7.18. The molecule has 1 aromatic carbocycles. The second-order valence-corrected chi connectivity index (χ2v) is 4.98. The van der Waals surface area contributed by atoms with Crippen molar-refractivity contribution in [3.8, 4) is 0 Å². The molecule has 82 valence electrons. The van der Waals surface area contributed by atoms with Crippen LogP contribution in [0.2, 0.25) is 0 Å². The molecule has 2 rings (SSSR count). The molecular weight excluding hydrogens is 211 g/mol. The molecule has 15 heavy (non-hydrogen) atoms. The molecule has 0 aliphatic heterocycles. The van der Waals surface area contributed by atoms with Crippen LogP contribution >= 0.6 is 11.6 Å². The SMILES string of the molecule is Cc1cc(C2CCCCC2Cl)ccc1F. The monoisotopic (exact) mass is 226 g/mol. The van der Waals surface area contributed by atoms with Crippen LogP contribution in [0, 0.1) is 12.7 Å². The quantitative estimate of drug-likeness (QED) is 0.623. The zero-order valence-corrected chi connectivity index (χ0v) is 9.73. The van der Waals surface area contributed by atoms with E-state index in [-0.39, 0.29) is 11.2 Å². The van der Waals surface area contributed by atoms with Gasteiger partial charge in [0.2, 0.25) is 0 Å². The third-order valence-corrected chi connectivity index (χ3v) is 3.81. The van der Waals surface area contributed by atoms with Crippen LogP contribution in [0.1, 0.15) is 42.7 Å². The topological polar surface area (TPSA) is 0 Å². The number of alkyl halides is 1. The number of hydrogen-bond donors (Lipinski definition) is 0. The number of benzene rings is 1. The van der Waals surface area contributed by atoms with Gasteiger partial charge in [-0.25, -0.2) is 4.39 Å². The number of rotatable bonds is 1. The minimum absolute atomic E-state index is 0.124. The summed E-state index contributed by atoms with van der Waals surface area (Å²) in [7, 11) is 0. The third-order valence-electron chi connectivity index (χ3n) is 3.29. The molecule has 0 N–H and O–H groups in total. The summed E-state index contributed by atoms with van der Waals surface area (Å²) in [6.45, 7) is 1.81. The second kappa shape index (κ2) is 4.52. The molecule has 0 amide bonds. The molecular formula is C13H16ClF. The first kappa shape index (κ1) is 10.9. The van der Waals surface area contributed by atoms with Gasteiger partial charge in [0.05, 0.1) is 0 Å². The van der Waals surface area contributed by atoms with E-state index >= 15 is 0 Å². The second-order valence-electron chi connectivity index (χ2n) is 4.42. The Bertz CT molecular complexity index is 348. The first-order valence-corrected chi connectivity index (χ1v) is 6.02. The zero-order chi connectivity index (χ0) is 10.8. The Morgan fingerprint density at radius 3 is 2.67 bits per heavy atom. The van der Waals surface area contributed by atoms with Crippen LogP contribution in [-0.2, 0) is 0 Å². The van der Waals surface area contributed by atoms with Crippen molar-refractivity contribution >= 4 is 11.6 Å². The van der Waals surface area contributed by atoms with E-state index in [2.05, 4.69) is 0 Å². The number of hydrogen-bond acceptors (Lipinski definition) is 0. The van der Waals surface area contributed by atoms with Crippen LogP contribution in [0.4, 0.5) is 4.39 Å². The molecule has 0 spiro atoms. The fourth-order valence-electron chi connectivity index (χ4n) is 2.36. The molecule has 1 aliphatic carbocycles. The van der Waals surface area contributed by atoms with Crippen LogP contribution in [0.15, 0.2) is 18.2 Å². The lowest BCUT2D eigenvalue weighted by atomic mass is 9.83. The van der Waals surface area contributed by atoms with Crippen molar-refractivity contribution in [2.45, 2.75) is 43.9 Å². The lowest BCUT2D eigenvalue weighted by molar-refractivity contribution is 0.450. The highest BCUT2D eigenvalue weighted by Crippen LogP contribution is 2.36. The molecule has 0 bridgehead atoms. The summed E-state index contributed by atoms with van der Waals surface area (Å²) in [5.41, 5.74) is 1.93. The summed E-state index contributed by atoms with van der Waals surface area (Å²) in [5, 5.41) is 0.226. The number of halogens is 2. The maximum absolute atomic E-state index is 13.1. The van der Waals surface area contributed by atoms with Gasteiger partial charge >= 0.3 is 0 Å². The summed E-state index contributed by atoms with van der Waals surface area (Å²) < 4.78 is 13.1. The Labute approximate surface area is 95.4 Å². The van der Waals surface area contributed by atoms with Crippen molar-refractivity contribution in [1.29, 1.82) is 0 Å². The summed E-state index contributed by atoms with van der Waals surface area (Å²) in [4.78, 5) is 0. The molecule has 1 aliphatic rings. The van der Waals surface area contributed by atoms with Gasteiger partial charge < -0.3 is 0 Å². The van der Waals surface area contributed by atoms with E-state index in [0.717, 1.165) is 18.4 Å².